The number of hydrogen-bond donors (Lipinski definition) is 0. The van der Waals surface area contributed by atoms with Crippen LogP contribution in [0.15, 0.2) is 52.8 Å². The van der Waals surface area contributed by atoms with Gasteiger partial charge in [-0.2, -0.15) is 0 Å². The summed E-state index contributed by atoms with van der Waals surface area (Å²) in [6.07, 6.45) is 6.98. The molecule has 2 heteroatoms. The smallest absolute Gasteiger partial charge is 0.0846 e. The summed E-state index contributed by atoms with van der Waals surface area (Å²) in [5.41, 5.74) is 1.18. The topological polar surface area (TPSA) is 17.1 Å². The largest absolute Gasteiger partial charge is 0.249 e. The Labute approximate surface area is 107 Å². The lowest BCUT2D eigenvalue weighted by Crippen LogP contribution is -1.94. The van der Waals surface area contributed by atoms with Crippen molar-refractivity contribution in [3.8, 4) is 0 Å². The van der Waals surface area contributed by atoms with Crippen molar-refractivity contribution in [3.63, 3.8) is 0 Å². The summed E-state index contributed by atoms with van der Waals surface area (Å²) >= 11 is 0. The van der Waals surface area contributed by atoms with Crippen LogP contribution in [0.4, 0.5) is 0 Å². The molecular formula is C15H20OS. The average molecular weight is 248 g/mol. The molecule has 0 spiro atoms. The van der Waals surface area contributed by atoms with Gasteiger partial charge in [-0.1, -0.05) is 56.2 Å². The highest BCUT2D eigenvalue weighted by Gasteiger charge is 2.06. The van der Waals surface area contributed by atoms with E-state index in [0.29, 0.717) is 0 Å². The van der Waals surface area contributed by atoms with E-state index in [2.05, 4.69) is 13.5 Å². The van der Waals surface area contributed by atoms with Crippen LogP contribution >= 0.6 is 0 Å². The third-order valence-corrected chi connectivity index (χ3v) is 4.02. The third-order valence-electron chi connectivity index (χ3n) is 2.55. The van der Waals surface area contributed by atoms with Crippen molar-refractivity contribution in [1.82, 2.24) is 0 Å². The Bertz CT molecular complexity index is 415. The van der Waals surface area contributed by atoms with Crippen molar-refractivity contribution in [1.29, 1.82) is 0 Å². The molecule has 0 radical (unpaired) electrons. The minimum atomic E-state index is -1.09. The van der Waals surface area contributed by atoms with Crippen LogP contribution in [0.1, 0.15) is 31.7 Å². The Morgan fingerprint density at radius 1 is 1.35 bits per heavy atom. The zero-order chi connectivity index (χ0) is 12.7. The molecule has 0 N–H and O–H groups in total. The van der Waals surface area contributed by atoms with Gasteiger partial charge in [-0.25, -0.2) is 4.21 Å². The highest BCUT2D eigenvalue weighted by molar-refractivity contribution is 7.89. The molecule has 1 aromatic carbocycles. The second-order valence-corrected chi connectivity index (χ2v) is 5.51. The molecule has 0 aromatic heterocycles. The Hall–Kier alpha value is -1.15. The van der Waals surface area contributed by atoms with Gasteiger partial charge in [-0.15, -0.1) is 0 Å². The quantitative estimate of drug-likeness (QED) is 0.540. The van der Waals surface area contributed by atoms with Crippen LogP contribution in [0.2, 0.25) is 0 Å². The zero-order valence-electron chi connectivity index (χ0n) is 10.6. The van der Waals surface area contributed by atoms with Crippen LogP contribution in [0.5, 0.6) is 0 Å². The van der Waals surface area contributed by atoms with E-state index in [-0.39, 0.29) is 0 Å². The first-order valence-electron chi connectivity index (χ1n) is 6.00. The molecule has 1 nitrogen and oxygen atoms in total. The summed E-state index contributed by atoms with van der Waals surface area (Å²) in [4.78, 5) is 1.67. The predicted molar refractivity (Wildman–Crippen MR) is 75.4 cm³/mol. The summed E-state index contributed by atoms with van der Waals surface area (Å²) < 4.78 is 12.3. The summed E-state index contributed by atoms with van der Waals surface area (Å²) in [5, 5.41) is 0. The molecule has 0 aliphatic carbocycles. The van der Waals surface area contributed by atoms with Gasteiger partial charge >= 0.3 is 0 Å². The van der Waals surface area contributed by atoms with Gasteiger partial charge in [0.15, 0.2) is 0 Å². The molecule has 0 fully saturated rings. The fourth-order valence-corrected chi connectivity index (χ4v) is 2.56. The number of allylic oxidation sites excluding steroid dienone is 2. The van der Waals surface area contributed by atoms with Crippen molar-refractivity contribution in [2.24, 2.45) is 0 Å². The van der Waals surface area contributed by atoms with Crippen LogP contribution < -0.4 is 0 Å². The molecule has 1 atom stereocenters. The summed E-state index contributed by atoms with van der Waals surface area (Å²) in [6, 6.07) is 7.81. The van der Waals surface area contributed by atoms with Crippen LogP contribution in [0.3, 0.4) is 0 Å². The molecule has 0 aliphatic rings. The summed E-state index contributed by atoms with van der Waals surface area (Å²) in [6.45, 7) is 7.92. The number of hydrogen-bond acceptors (Lipinski definition) is 1. The van der Waals surface area contributed by atoms with E-state index in [1.807, 2.05) is 37.3 Å². The maximum absolute atomic E-state index is 12.3. The van der Waals surface area contributed by atoms with E-state index in [4.69, 9.17) is 0 Å². The molecule has 0 aliphatic heterocycles. The van der Waals surface area contributed by atoms with Crippen molar-refractivity contribution in [3.05, 3.63) is 53.5 Å². The van der Waals surface area contributed by atoms with Crippen LogP contribution in [0.25, 0.3) is 0 Å². The van der Waals surface area contributed by atoms with Gasteiger partial charge in [-0.3, -0.25) is 0 Å². The minimum Gasteiger partial charge on any atom is -0.249 e. The summed E-state index contributed by atoms with van der Waals surface area (Å²) in [7, 11) is -1.09. The molecule has 1 rings (SSSR count). The second-order valence-electron chi connectivity index (χ2n) is 4.03. The van der Waals surface area contributed by atoms with Gasteiger partial charge in [0.25, 0.3) is 0 Å². The normalized spacial score (nSPS) is 13.4. The number of rotatable bonds is 6. The van der Waals surface area contributed by atoms with Crippen molar-refractivity contribution >= 4 is 10.8 Å². The molecule has 17 heavy (non-hydrogen) atoms. The van der Waals surface area contributed by atoms with E-state index < -0.39 is 10.8 Å². The van der Waals surface area contributed by atoms with Crippen molar-refractivity contribution in [2.75, 3.05) is 0 Å². The molecule has 1 aromatic rings. The Kier molecular flexibility index (Phi) is 5.92. The lowest BCUT2D eigenvalue weighted by atomic mass is 10.2. The van der Waals surface area contributed by atoms with Gasteiger partial charge in [0, 0.05) is 9.80 Å². The minimum absolute atomic E-state index is 0.822. The predicted octanol–water partition coefficient (Wildman–Crippen LogP) is 4.36. The standard InChI is InChI=1S/C15H20OS/c1-4-6-7-8-14(5-2)17(16)15-11-9-13(3)10-12-15/h5,8-12H,2,4,6-7H2,1,3H3/b14-8-. The van der Waals surface area contributed by atoms with E-state index in [1.54, 1.807) is 6.08 Å². The molecule has 0 saturated heterocycles. The van der Waals surface area contributed by atoms with Crippen LogP contribution in [-0.2, 0) is 10.8 Å². The highest BCUT2D eigenvalue weighted by Crippen LogP contribution is 2.17. The first kappa shape index (κ1) is 13.9. The van der Waals surface area contributed by atoms with E-state index in [9.17, 15) is 4.21 Å². The Morgan fingerprint density at radius 3 is 2.53 bits per heavy atom. The van der Waals surface area contributed by atoms with Crippen LogP contribution in [0, 0.1) is 6.92 Å². The Balaban J connectivity index is 2.82. The monoisotopic (exact) mass is 248 g/mol. The fraction of sp³-hybridized carbons (Fsp3) is 0.333. The molecule has 0 heterocycles. The SMILES string of the molecule is C=C/C(=C/CCCC)S(=O)c1ccc(C)cc1. The van der Waals surface area contributed by atoms with Crippen LogP contribution in [-0.4, -0.2) is 4.21 Å². The Morgan fingerprint density at radius 2 is 2.00 bits per heavy atom. The third kappa shape index (κ3) is 4.31. The fourth-order valence-electron chi connectivity index (χ4n) is 1.48. The molecule has 0 bridgehead atoms. The number of aryl methyl sites for hydroxylation is 1. The van der Waals surface area contributed by atoms with E-state index in [1.165, 1.54) is 5.56 Å². The number of unbranched alkanes of at least 4 members (excludes halogenated alkanes) is 2. The van der Waals surface area contributed by atoms with Gasteiger partial charge < -0.3 is 0 Å². The maximum Gasteiger partial charge on any atom is 0.0846 e. The van der Waals surface area contributed by atoms with Gasteiger partial charge in [0.05, 0.1) is 10.8 Å². The number of benzene rings is 1. The van der Waals surface area contributed by atoms with Crippen molar-refractivity contribution < 1.29 is 4.21 Å². The molecule has 0 saturated carbocycles. The van der Waals surface area contributed by atoms with Gasteiger partial charge in [-0.05, 0) is 25.5 Å². The summed E-state index contributed by atoms with van der Waals surface area (Å²) in [5.74, 6) is 0. The lowest BCUT2D eigenvalue weighted by molar-refractivity contribution is 0.687. The second kappa shape index (κ2) is 7.23. The highest BCUT2D eigenvalue weighted by atomic mass is 32.2. The first-order chi connectivity index (χ1) is 8.19. The van der Waals surface area contributed by atoms with Gasteiger partial charge in [0.1, 0.15) is 0 Å². The molecule has 92 valence electrons. The van der Waals surface area contributed by atoms with E-state index in [0.717, 1.165) is 29.1 Å². The maximum atomic E-state index is 12.3. The zero-order valence-corrected chi connectivity index (χ0v) is 11.4. The lowest BCUT2D eigenvalue weighted by Gasteiger charge is -2.03. The molecular weight excluding hydrogens is 228 g/mol. The van der Waals surface area contributed by atoms with Gasteiger partial charge in [0.2, 0.25) is 0 Å². The molecule has 0 amide bonds. The molecule has 1 unspecified atom stereocenters. The first-order valence-corrected chi connectivity index (χ1v) is 7.15. The van der Waals surface area contributed by atoms with E-state index >= 15 is 0 Å². The average Bonchev–Trinajstić information content (AvgIpc) is 2.35. The van der Waals surface area contributed by atoms with Crippen molar-refractivity contribution in [2.45, 2.75) is 38.0 Å².